The molecule has 0 saturated heterocycles. The first-order chi connectivity index (χ1) is 5.33. The van der Waals surface area contributed by atoms with Crippen molar-refractivity contribution in [3.05, 3.63) is 5.92 Å². The van der Waals surface area contributed by atoms with E-state index in [0.29, 0.717) is 6.04 Å². The summed E-state index contributed by atoms with van der Waals surface area (Å²) < 4.78 is 0. The van der Waals surface area contributed by atoms with Crippen LogP contribution in [0.3, 0.4) is 0 Å². The second kappa shape index (κ2) is 2.01. The summed E-state index contributed by atoms with van der Waals surface area (Å²) in [5.74, 6) is 4.69. The van der Waals surface area contributed by atoms with Gasteiger partial charge in [0, 0.05) is 6.04 Å². The molecule has 2 N–H and O–H groups in total. The smallest absolute Gasteiger partial charge is 0.0130 e. The van der Waals surface area contributed by atoms with Crippen LogP contribution in [0.5, 0.6) is 0 Å². The van der Waals surface area contributed by atoms with E-state index in [4.69, 9.17) is 5.73 Å². The van der Waals surface area contributed by atoms with Crippen molar-refractivity contribution in [3.63, 3.8) is 0 Å². The van der Waals surface area contributed by atoms with Crippen molar-refractivity contribution in [3.8, 4) is 0 Å². The molecule has 4 aliphatic carbocycles. The third kappa shape index (κ3) is 0.807. The highest BCUT2D eigenvalue weighted by molar-refractivity contribution is 5.15. The van der Waals surface area contributed by atoms with Gasteiger partial charge in [-0.15, -0.1) is 0 Å². The van der Waals surface area contributed by atoms with Crippen LogP contribution in [-0.4, -0.2) is 6.04 Å². The Labute approximate surface area is 68.3 Å². The van der Waals surface area contributed by atoms with Crippen molar-refractivity contribution in [1.29, 1.82) is 0 Å². The maximum absolute atomic E-state index is 6.13. The molecule has 4 saturated carbocycles. The maximum Gasteiger partial charge on any atom is 0.0130 e. The minimum Gasteiger partial charge on any atom is -0.327 e. The van der Waals surface area contributed by atoms with Gasteiger partial charge in [0.1, 0.15) is 0 Å². The molecule has 4 rings (SSSR count). The molecule has 3 unspecified atom stereocenters. The highest BCUT2D eigenvalue weighted by Crippen LogP contribution is 2.53. The molecule has 4 fully saturated rings. The summed E-state index contributed by atoms with van der Waals surface area (Å²) in [7, 11) is 0. The van der Waals surface area contributed by atoms with Crippen molar-refractivity contribution in [1.82, 2.24) is 0 Å². The van der Waals surface area contributed by atoms with Gasteiger partial charge in [-0.1, -0.05) is 0 Å². The first-order valence-corrected chi connectivity index (χ1v) is 4.93. The van der Waals surface area contributed by atoms with E-state index >= 15 is 0 Å². The second-order valence-electron chi connectivity index (χ2n) is 4.79. The Morgan fingerprint density at radius 3 is 2.18 bits per heavy atom. The van der Waals surface area contributed by atoms with Gasteiger partial charge in [-0.25, -0.2) is 0 Å². The summed E-state index contributed by atoms with van der Waals surface area (Å²) in [6, 6.07) is 0.503. The standard InChI is InChI=1S/C10H16N/c11-10-8-2-6-1-7(4-8)5-9(10)3-6/h6-8,10H,1-5,11H2. The van der Waals surface area contributed by atoms with Gasteiger partial charge in [0.2, 0.25) is 0 Å². The van der Waals surface area contributed by atoms with Gasteiger partial charge in [0.15, 0.2) is 0 Å². The van der Waals surface area contributed by atoms with Crippen LogP contribution in [0.4, 0.5) is 0 Å². The van der Waals surface area contributed by atoms with Crippen molar-refractivity contribution in [2.24, 2.45) is 23.5 Å². The van der Waals surface area contributed by atoms with Crippen LogP contribution < -0.4 is 5.73 Å². The summed E-state index contributed by atoms with van der Waals surface area (Å²) in [5.41, 5.74) is 6.13. The van der Waals surface area contributed by atoms with Gasteiger partial charge < -0.3 is 5.73 Å². The van der Waals surface area contributed by atoms with E-state index in [-0.39, 0.29) is 0 Å². The number of rotatable bonds is 0. The molecule has 0 amide bonds. The molecule has 3 atom stereocenters. The van der Waals surface area contributed by atoms with E-state index < -0.39 is 0 Å². The van der Waals surface area contributed by atoms with Crippen LogP contribution in [0.2, 0.25) is 0 Å². The Balaban J connectivity index is 1.91. The minimum absolute atomic E-state index is 0.503. The van der Waals surface area contributed by atoms with Gasteiger partial charge in [-0.2, -0.15) is 0 Å². The van der Waals surface area contributed by atoms with Crippen LogP contribution in [-0.2, 0) is 0 Å². The van der Waals surface area contributed by atoms with Crippen LogP contribution in [0.25, 0.3) is 0 Å². The average molecular weight is 150 g/mol. The normalized spacial score (nSPS) is 55.4. The molecular weight excluding hydrogens is 134 g/mol. The fraction of sp³-hybridized carbons (Fsp3) is 0.900. The molecule has 0 aromatic heterocycles. The highest BCUT2D eigenvalue weighted by atomic mass is 14.7. The highest BCUT2D eigenvalue weighted by Gasteiger charge is 2.46. The van der Waals surface area contributed by atoms with Crippen LogP contribution in [0.15, 0.2) is 0 Å². The predicted molar refractivity (Wildman–Crippen MR) is 44.8 cm³/mol. The van der Waals surface area contributed by atoms with E-state index in [9.17, 15) is 0 Å². The Kier molecular flexibility index (Phi) is 1.18. The fourth-order valence-electron chi connectivity index (χ4n) is 3.67. The molecule has 4 aliphatic rings. The summed E-state index contributed by atoms with van der Waals surface area (Å²) in [6.07, 6.45) is 7.18. The Bertz CT molecular complexity index is 148. The largest absolute Gasteiger partial charge is 0.327 e. The Hall–Kier alpha value is -0.0400. The predicted octanol–water partition coefficient (Wildman–Crippen LogP) is 1.73. The fourth-order valence-corrected chi connectivity index (χ4v) is 3.67. The molecule has 0 aliphatic heterocycles. The quantitative estimate of drug-likeness (QED) is 0.559. The molecule has 1 radical (unpaired) electrons. The van der Waals surface area contributed by atoms with E-state index in [0.717, 1.165) is 17.8 Å². The number of hydrogen-bond acceptors (Lipinski definition) is 1. The second-order valence-corrected chi connectivity index (χ2v) is 4.79. The molecular formula is C10H16N. The molecule has 1 nitrogen and oxygen atoms in total. The lowest BCUT2D eigenvalue weighted by atomic mass is 9.54. The van der Waals surface area contributed by atoms with Gasteiger partial charge in [-0.3, -0.25) is 0 Å². The first-order valence-electron chi connectivity index (χ1n) is 4.93. The molecule has 0 aromatic rings. The molecule has 11 heavy (non-hydrogen) atoms. The van der Waals surface area contributed by atoms with Gasteiger partial charge in [-0.05, 0) is 55.8 Å². The third-order valence-electron chi connectivity index (χ3n) is 4.02. The monoisotopic (exact) mass is 150 g/mol. The van der Waals surface area contributed by atoms with E-state index in [1.54, 1.807) is 5.92 Å². The lowest BCUT2D eigenvalue weighted by molar-refractivity contribution is 0.0745. The summed E-state index contributed by atoms with van der Waals surface area (Å²) >= 11 is 0. The molecule has 4 bridgehead atoms. The zero-order chi connectivity index (χ0) is 7.42. The van der Waals surface area contributed by atoms with Gasteiger partial charge >= 0.3 is 0 Å². The molecule has 0 spiro atoms. The number of hydrogen-bond donors (Lipinski definition) is 1. The van der Waals surface area contributed by atoms with Crippen molar-refractivity contribution in [2.45, 2.75) is 38.1 Å². The van der Waals surface area contributed by atoms with Crippen LogP contribution in [0, 0.1) is 23.7 Å². The lowest BCUT2D eigenvalue weighted by Crippen LogP contribution is -2.51. The zero-order valence-electron chi connectivity index (χ0n) is 6.92. The summed E-state index contributed by atoms with van der Waals surface area (Å²) in [4.78, 5) is 0. The van der Waals surface area contributed by atoms with Crippen molar-refractivity contribution >= 4 is 0 Å². The SMILES string of the molecule is NC1[C]2CC3CC(C2)CC1C3. The van der Waals surface area contributed by atoms with E-state index in [1.165, 1.54) is 32.1 Å². The molecule has 1 heteroatoms. The van der Waals surface area contributed by atoms with Crippen LogP contribution >= 0.6 is 0 Å². The average Bonchev–Trinajstić information content (AvgIpc) is 1.98. The summed E-state index contributed by atoms with van der Waals surface area (Å²) in [5, 5.41) is 0. The Morgan fingerprint density at radius 1 is 1.00 bits per heavy atom. The number of nitrogens with two attached hydrogens (primary N) is 1. The Morgan fingerprint density at radius 2 is 1.64 bits per heavy atom. The minimum atomic E-state index is 0.503. The first kappa shape index (κ1) is 6.47. The topological polar surface area (TPSA) is 26.0 Å². The van der Waals surface area contributed by atoms with E-state index in [2.05, 4.69) is 0 Å². The van der Waals surface area contributed by atoms with Gasteiger partial charge in [0.25, 0.3) is 0 Å². The van der Waals surface area contributed by atoms with Crippen LogP contribution in [0.1, 0.15) is 32.1 Å². The summed E-state index contributed by atoms with van der Waals surface area (Å²) in [6.45, 7) is 0. The lowest BCUT2D eigenvalue weighted by Gasteiger charge is -2.52. The van der Waals surface area contributed by atoms with E-state index in [1.807, 2.05) is 0 Å². The van der Waals surface area contributed by atoms with Crippen molar-refractivity contribution in [2.75, 3.05) is 0 Å². The third-order valence-corrected chi connectivity index (χ3v) is 4.02. The molecule has 61 valence electrons. The molecule has 0 heterocycles. The van der Waals surface area contributed by atoms with Crippen molar-refractivity contribution < 1.29 is 0 Å². The molecule has 0 aromatic carbocycles. The van der Waals surface area contributed by atoms with Gasteiger partial charge in [0.05, 0.1) is 0 Å². The zero-order valence-corrected chi connectivity index (χ0v) is 6.92. The maximum atomic E-state index is 6.13.